The van der Waals surface area contributed by atoms with Gasteiger partial charge in [-0.1, -0.05) is 16.8 Å². The van der Waals surface area contributed by atoms with Crippen molar-refractivity contribution in [2.24, 2.45) is 0 Å². The number of Topliss-reactive ketones (excluding diaryl/α,β-unsaturated/α-hetero) is 1. The van der Waals surface area contributed by atoms with Gasteiger partial charge in [0.2, 0.25) is 5.88 Å². The molecule has 0 atom stereocenters. The van der Waals surface area contributed by atoms with E-state index in [2.05, 4.69) is 10.5 Å². The Kier molecular flexibility index (Phi) is 6.08. The molecule has 2 aromatic rings. The predicted octanol–water partition coefficient (Wildman–Crippen LogP) is 2.78. The zero-order valence-corrected chi connectivity index (χ0v) is 13.6. The van der Waals surface area contributed by atoms with Gasteiger partial charge in [0, 0.05) is 23.1 Å². The highest BCUT2D eigenvalue weighted by atomic mass is 35.5. The van der Waals surface area contributed by atoms with Gasteiger partial charge in [0.15, 0.2) is 12.4 Å². The highest BCUT2D eigenvalue weighted by Gasteiger charge is 2.13. The first-order chi connectivity index (χ1) is 11.4. The number of hydrogen-bond acceptors (Lipinski definition) is 6. The number of carbonyl (C=O) groups is 3. The third kappa shape index (κ3) is 5.51. The minimum Gasteiger partial charge on any atom is -0.456 e. The molecule has 126 valence electrons. The minimum absolute atomic E-state index is 0.0105. The largest absolute Gasteiger partial charge is 0.456 e. The lowest BCUT2D eigenvalue weighted by Gasteiger charge is -2.04. The number of nitrogens with one attached hydrogen (secondary N) is 1. The Morgan fingerprint density at radius 3 is 2.54 bits per heavy atom. The lowest BCUT2D eigenvalue weighted by atomic mass is 10.1. The van der Waals surface area contributed by atoms with Crippen LogP contribution in [0.15, 0.2) is 34.9 Å². The second-order valence-corrected chi connectivity index (χ2v) is 5.41. The van der Waals surface area contributed by atoms with E-state index in [1.165, 1.54) is 6.07 Å². The average molecular weight is 351 g/mol. The number of anilines is 1. The number of aromatic nitrogens is 1. The summed E-state index contributed by atoms with van der Waals surface area (Å²) < 4.78 is 9.60. The number of halogens is 1. The number of rotatable bonds is 7. The van der Waals surface area contributed by atoms with Gasteiger partial charge in [-0.2, -0.15) is 0 Å². The smallest absolute Gasteiger partial charge is 0.306 e. The van der Waals surface area contributed by atoms with E-state index in [1.54, 1.807) is 31.2 Å². The maximum Gasteiger partial charge on any atom is 0.306 e. The molecular formula is C16H15ClN2O5. The van der Waals surface area contributed by atoms with E-state index >= 15 is 0 Å². The fraction of sp³-hybridized carbons (Fsp3) is 0.250. The zero-order chi connectivity index (χ0) is 17.5. The van der Waals surface area contributed by atoms with Crippen molar-refractivity contribution < 1.29 is 23.6 Å². The molecule has 0 aliphatic rings. The van der Waals surface area contributed by atoms with Gasteiger partial charge in [-0.15, -0.1) is 0 Å². The van der Waals surface area contributed by atoms with Crippen molar-refractivity contribution >= 4 is 35.1 Å². The summed E-state index contributed by atoms with van der Waals surface area (Å²) in [6.45, 7) is 1.24. The van der Waals surface area contributed by atoms with Gasteiger partial charge >= 0.3 is 5.97 Å². The van der Waals surface area contributed by atoms with Gasteiger partial charge < -0.3 is 9.26 Å². The molecule has 0 aliphatic carbocycles. The Labute approximate surface area is 142 Å². The van der Waals surface area contributed by atoms with Crippen molar-refractivity contribution in [3.05, 3.63) is 46.6 Å². The lowest BCUT2D eigenvalue weighted by molar-refractivity contribution is -0.147. The summed E-state index contributed by atoms with van der Waals surface area (Å²) in [7, 11) is 0. The molecule has 0 spiro atoms. The number of ketones is 1. The minimum atomic E-state index is -0.638. The Balaban J connectivity index is 1.70. The predicted molar refractivity (Wildman–Crippen MR) is 85.8 cm³/mol. The molecule has 7 nitrogen and oxygen atoms in total. The zero-order valence-electron chi connectivity index (χ0n) is 12.9. The van der Waals surface area contributed by atoms with E-state index < -0.39 is 18.5 Å². The first-order valence-electron chi connectivity index (χ1n) is 7.11. The molecular weight excluding hydrogens is 336 g/mol. The SMILES string of the molecule is Cc1cc(NC(=O)COC(=O)CCC(=O)c2ccc(Cl)cc2)on1. The van der Waals surface area contributed by atoms with Crippen molar-refractivity contribution in [1.29, 1.82) is 0 Å². The normalized spacial score (nSPS) is 10.2. The number of amides is 1. The van der Waals surface area contributed by atoms with Crippen LogP contribution in [0, 0.1) is 6.92 Å². The highest BCUT2D eigenvalue weighted by molar-refractivity contribution is 6.30. The fourth-order valence-corrected chi connectivity index (χ4v) is 1.94. The van der Waals surface area contributed by atoms with Gasteiger partial charge in [0.05, 0.1) is 12.1 Å². The standard InChI is InChI=1S/C16H15ClN2O5/c1-10-8-15(24-19-10)18-14(21)9-23-16(22)7-6-13(20)11-2-4-12(17)5-3-11/h2-5,8H,6-7,9H2,1H3,(H,18,21). The molecule has 24 heavy (non-hydrogen) atoms. The summed E-state index contributed by atoms with van der Waals surface area (Å²) in [6.07, 6.45) is -0.125. The van der Waals surface area contributed by atoms with E-state index in [-0.39, 0.29) is 24.5 Å². The first-order valence-corrected chi connectivity index (χ1v) is 7.49. The molecule has 1 aromatic carbocycles. The van der Waals surface area contributed by atoms with E-state index in [4.69, 9.17) is 20.9 Å². The van der Waals surface area contributed by atoms with Crippen molar-refractivity contribution in [3.8, 4) is 0 Å². The van der Waals surface area contributed by atoms with E-state index in [9.17, 15) is 14.4 Å². The quantitative estimate of drug-likeness (QED) is 0.609. The maximum atomic E-state index is 11.9. The molecule has 0 unspecified atom stereocenters. The lowest BCUT2D eigenvalue weighted by Crippen LogP contribution is -2.20. The van der Waals surface area contributed by atoms with Crippen molar-refractivity contribution in [3.63, 3.8) is 0 Å². The summed E-state index contributed by atoms with van der Waals surface area (Å²) in [6, 6.07) is 7.90. The van der Waals surface area contributed by atoms with E-state index in [0.717, 1.165) is 0 Å². The number of carbonyl (C=O) groups excluding carboxylic acids is 3. The summed E-state index contributed by atoms with van der Waals surface area (Å²) in [4.78, 5) is 35.0. The first kappa shape index (κ1) is 17.7. The molecule has 0 aliphatic heterocycles. The van der Waals surface area contributed by atoms with Crippen LogP contribution in [0.5, 0.6) is 0 Å². The van der Waals surface area contributed by atoms with Crippen LogP contribution >= 0.6 is 11.6 Å². The summed E-state index contributed by atoms with van der Waals surface area (Å²) in [5.41, 5.74) is 1.08. The molecule has 0 bridgehead atoms. The van der Waals surface area contributed by atoms with Crippen molar-refractivity contribution in [2.75, 3.05) is 11.9 Å². The fourth-order valence-electron chi connectivity index (χ4n) is 1.81. The van der Waals surface area contributed by atoms with Crippen molar-refractivity contribution in [2.45, 2.75) is 19.8 Å². The molecule has 1 amide bonds. The molecule has 1 N–H and O–H groups in total. The Bertz CT molecular complexity index is 739. The maximum absolute atomic E-state index is 11.9. The second kappa shape index (κ2) is 8.26. The highest BCUT2D eigenvalue weighted by Crippen LogP contribution is 2.12. The summed E-state index contributed by atoms with van der Waals surface area (Å²) in [5, 5.41) is 6.52. The van der Waals surface area contributed by atoms with Crippen molar-refractivity contribution in [1.82, 2.24) is 5.16 Å². The van der Waals surface area contributed by atoms with Crippen LogP contribution in [0.25, 0.3) is 0 Å². The molecule has 0 saturated carbocycles. The summed E-state index contributed by atoms with van der Waals surface area (Å²) in [5.74, 6) is -1.22. The van der Waals surface area contributed by atoms with Crippen LogP contribution in [0.3, 0.4) is 0 Å². The van der Waals surface area contributed by atoms with E-state index in [0.29, 0.717) is 16.3 Å². The van der Waals surface area contributed by atoms with Gasteiger partial charge in [0.1, 0.15) is 0 Å². The van der Waals surface area contributed by atoms with Gasteiger partial charge in [-0.25, -0.2) is 0 Å². The summed E-state index contributed by atoms with van der Waals surface area (Å²) >= 11 is 5.74. The molecule has 0 radical (unpaired) electrons. The Hall–Kier alpha value is -2.67. The number of hydrogen-bond donors (Lipinski definition) is 1. The molecule has 1 heterocycles. The molecule has 0 saturated heterocycles. The third-order valence-corrected chi connectivity index (χ3v) is 3.23. The van der Waals surface area contributed by atoms with Crippen LogP contribution in [0.2, 0.25) is 5.02 Å². The van der Waals surface area contributed by atoms with Gasteiger partial charge in [0.25, 0.3) is 5.91 Å². The van der Waals surface area contributed by atoms with E-state index in [1.807, 2.05) is 0 Å². The van der Waals surface area contributed by atoms with Crippen LogP contribution in [0.4, 0.5) is 5.88 Å². The Morgan fingerprint density at radius 2 is 1.92 bits per heavy atom. The van der Waals surface area contributed by atoms with Crippen LogP contribution in [0.1, 0.15) is 28.9 Å². The monoisotopic (exact) mass is 350 g/mol. The number of benzene rings is 1. The number of aryl methyl sites for hydroxylation is 1. The van der Waals surface area contributed by atoms with Crippen LogP contribution in [-0.4, -0.2) is 29.4 Å². The average Bonchev–Trinajstić information content (AvgIpc) is 2.96. The molecule has 2 rings (SSSR count). The Morgan fingerprint density at radius 1 is 1.21 bits per heavy atom. The topological polar surface area (TPSA) is 98.5 Å². The van der Waals surface area contributed by atoms with Gasteiger partial charge in [-0.05, 0) is 31.2 Å². The molecule has 0 fully saturated rings. The van der Waals surface area contributed by atoms with Crippen LogP contribution < -0.4 is 5.32 Å². The molecule has 8 heteroatoms. The third-order valence-electron chi connectivity index (χ3n) is 2.98. The number of ether oxygens (including phenoxy) is 1. The number of nitrogens with zero attached hydrogens (tertiary/aromatic N) is 1. The second-order valence-electron chi connectivity index (χ2n) is 4.97. The van der Waals surface area contributed by atoms with Gasteiger partial charge in [-0.3, -0.25) is 19.7 Å². The number of esters is 1. The van der Waals surface area contributed by atoms with Crippen LogP contribution in [-0.2, 0) is 14.3 Å². The molecule has 1 aromatic heterocycles.